The van der Waals surface area contributed by atoms with Gasteiger partial charge in [0, 0.05) is 16.8 Å². The number of aryl methyl sites for hydroxylation is 2. The minimum absolute atomic E-state index is 0.293. The van der Waals surface area contributed by atoms with Gasteiger partial charge in [0.05, 0.1) is 12.2 Å². The van der Waals surface area contributed by atoms with Crippen molar-refractivity contribution in [1.82, 2.24) is 9.97 Å². The molecule has 0 aromatic carbocycles. The lowest BCUT2D eigenvalue weighted by Crippen LogP contribution is -2.21. The summed E-state index contributed by atoms with van der Waals surface area (Å²) in [5, 5.41) is 7.18. The lowest BCUT2D eigenvalue weighted by atomic mass is 9.95. The van der Waals surface area contributed by atoms with Crippen LogP contribution in [0.15, 0.2) is 12.3 Å². The molecule has 1 aliphatic carbocycles. The zero-order valence-electron chi connectivity index (χ0n) is 14.2. The molecule has 0 aliphatic heterocycles. The van der Waals surface area contributed by atoms with Crippen molar-refractivity contribution in [3.63, 3.8) is 0 Å². The van der Waals surface area contributed by atoms with Crippen molar-refractivity contribution >= 4 is 45.6 Å². The van der Waals surface area contributed by atoms with Gasteiger partial charge >= 0.3 is 5.97 Å². The van der Waals surface area contributed by atoms with Crippen molar-refractivity contribution in [1.29, 1.82) is 0 Å². The highest BCUT2D eigenvalue weighted by Crippen LogP contribution is 2.38. The molecule has 25 heavy (non-hydrogen) atoms. The predicted octanol–water partition coefficient (Wildman–Crippen LogP) is 3.71. The number of esters is 1. The fraction of sp³-hybridized carbons (Fsp3) is 0.412. The Kier molecular flexibility index (Phi) is 5.60. The Hall–Kier alpha value is -2.06. The number of carbonyl (C=O) groups excluding carboxylic acids is 1. The van der Waals surface area contributed by atoms with Gasteiger partial charge < -0.3 is 15.4 Å². The first-order valence-corrected chi connectivity index (χ1v) is 9.50. The quantitative estimate of drug-likeness (QED) is 0.622. The molecule has 0 amide bonds. The summed E-state index contributed by atoms with van der Waals surface area (Å²) in [6.07, 6.45) is 5.81. The molecule has 2 aromatic rings. The van der Waals surface area contributed by atoms with Gasteiger partial charge in [0.1, 0.15) is 5.00 Å². The van der Waals surface area contributed by atoms with E-state index in [0.717, 1.165) is 41.9 Å². The first-order chi connectivity index (χ1) is 12.1. The molecule has 8 heteroatoms. The zero-order valence-corrected chi connectivity index (χ0v) is 15.9. The van der Waals surface area contributed by atoms with Crippen LogP contribution in [0.4, 0.5) is 10.9 Å². The lowest BCUT2D eigenvalue weighted by Gasteiger charge is -2.13. The molecule has 2 aromatic heterocycles. The van der Waals surface area contributed by atoms with Gasteiger partial charge in [-0.05, 0) is 63.4 Å². The molecule has 0 radical (unpaired) electrons. The van der Waals surface area contributed by atoms with Gasteiger partial charge in [-0.1, -0.05) is 0 Å². The maximum absolute atomic E-state index is 12.4. The van der Waals surface area contributed by atoms with Crippen LogP contribution < -0.4 is 10.6 Å². The van der Waals surface area contributed by atoms with Crippen LogP contribution >= 0.6 is 23.6 Å². The van der Waals surface area contributed by atoms with Gasteiger partial charge in [-0.25, -0.2) is 14.8 Å². The molecule has 0 saturated carbocycles. The lowest BCUT2D eigenvalue weighted by molar-refractivity contribution is 0.0526. The molecule has 0 bridgehead atoms. The molecular weight excluding hydrogens is 356 g/mol. The Bertz CT molecular complexity index is 804. The van der Waals surface area contributed by atoms with E-state index in [0.29, 0.717) is 23.2 Å². The summed E-state index contributed by atoms with van der Waals surface area (Å²) in [7, 11) is 0. The fourth-order valence-corrected chi connectivity index (χ4v) is 4.36. The number of nitrogens with zero attached hydrogens (tertiary/aromatic N) is 2. The van der Waals surface area contributed by atoms with E-state index in [1.165, 1.54) is 4.88 Å². The van der Waals surface area contributed by atoms with Crippen LogP contribution in [0.25, 0.3) is 0 Å². The molecule has 0 unspecified atom stereocenters. The smallest absolute Gasteiger partial charge is 0.341 e. The topological polar surface area (TPSA) is 76.1 Å². The van der Waals surface area contributed by atoms with E-state index in [1.54, 1.807) is 17.5 Å². The highest BCUT2D eigenvalue weighted by atomic mass is 32.1. The van der Waals surface area contributed by atoms with E-state index in [1.807, 2.05) is 19.9 Å². The largest absolute Gasteiger partial charge is 0.462 e. The number of fused-ring (bicyclic) bond motifs is 1. The van der Waals surface area contributed by atoms with Gasteiger partial charge in [-0.3, -0.25) is 0 Å². The summed E-state index contributed by atoms with van der Waals surface area (Å²) < 4.78 is 5.25. The van der Waals surface area contributed by atoms with Crippen LogP contribution in [0.5, 0.6) is 0 Å². The summed E-state index contributed by atoms with van der Waals surface area (Å²) in [4.78, 5) is 22.1. The highest BCUT2D eigenvalue weighted by Gasteiger charge is 2.26. The van der Waals surface area contributed by atoms with Crippen LogP contribution in [0.3, 0.4) is 0 Å². The molecule has 6 nitrogen and oxygen atoms in total. The van der Waals surface area contributed by atoms with E-state index in [4.69, 9.17) is 17.0 Å². The Balaban J connectivity index is 1.82. The average Bonchev–Trinajstić information content (AvgIpc) is 2.92. The first-order valence-electron chi connectivity index (χ1n) is 8.27. The second-order valence-corrected chi connectivity index (χ2v) is 7.25. The van der Waals surface area contributed by atoms with E-state index in [9.17, 15) is 4.79 Å². The molecule has 2 heterocycles. The molecule has 2 N–H and O–H groups in total. The Labute approximate surface area is 156 Å². The van der Waals surface area contributed by atoms with Crippen LogP contribution in [-0.4, -0.2) is 27.7 Å². The molecule has 1 aliphatic rings. The Morgan fingerprint density at radius 2 is 2.16 bits per heavy atom. The van der Waals surface area contributed by atoms with Crippen LogP contribution in [0.2, 0.25) is 0 Å². The number of anilines is 2. The number of carbonyl (C=O) groups is 1. The predicted molar refractivity (Wildman–Crippen MR) is 104 cm³/mol. The number of hydrogen-bond acceptors (Lipinski definition) is 6. The number of aromatic nitrogens is 2. The van der Waals surface area contributed by atoms with Crippen LogP contribution in [0.1, 0.15) is 46.3 Å². The Morgan fingerprint density at radius 1 is 1.36 bits per heavy atom. The number of nitrogens with one attached hydrogen (secondary N) is 2. The average molecular weight is 377 g/mol. The van der Waals surface area contributed by atoms with Crippen molar-refractivity contribution in [3.05, 3.63) is 34.0 Å². The first kappa shape index (κ1) is 17.8. The van der Waals surface area contributed by atoms with E-state index < -0.39 is 0 Å². The zero-order chi connectivity index (χ0) is 17.8. The number of ether oxygens (including phenoxy) is 1. The van der Waals surface area contributed by atoms with Gasteiger partial charge in [0.2, 0.25) is 5.95 Å². The molecule has 0 atom stereocenters. The molecule has 3 rings (SSSR count). The third kappa shape index (κ3) is 4.13. The fourth-order valence-electron chi connectivity index (χ4n) is 2.82. The molecule has 0 fully saturated rings. The number of thiophene rings is 1. The molecule has 0 spiro atoms. The summed E-state index contributed by atoms with van der Waals surface area (Å²) in [5.74, 6) is 0.135. The Morgan fingerprint density at radius 3 is 2.92 bits per heavy atom. The van der Waals surface area contributed by atoms with Crippen molar-refractivity contribution in [2.45, 2.75) is 39.5 Å². The normalized spacial score (nSPS) is 13.0. The van der Waals surface area contributed by atoms with Gasteiger partial charge in [0.15, 0.2) is 5.11 Å². The van der Waals surface area contributed by atoms with Crippen LogP contribution in [-0.2, 0) is 17.6 Å². The van der Waals surface area contributed by atoms with E-state index in [-0.39, 0.29) is 5.97 Å². The monoisotopic (exact) mass is 376 g/mol. The van der Waals surface area contributed by atoms with Gasteiger partial charge in [-0.2, -0.15) is 0 Å². The molecule has 0 saturated heterocycles. The third-order valence-electron chi connectivity index (χ3n) is 3.90. The minimum Gasteiger partial charge on any atom is -0.462 e. The summed E-state index contributed by atoms with van der Waals surface area (Å²) in [6.45, 7) is 4.04. The molecule has 132 valence electrons. The second kappa shape index (κ2) is 7.88. The SMILES string of the molecule is CCOC(=O)c1c(NC(=S)Nc2nccc(C)n2)sc2c1CCCC2. The van der Waals surface area contributed by atoms with Crippen molar-refractivity contribution in [2.75, 3.05) is 17.2 Å². The number of rotatable bonds is 4. The summed E-state index contributed by atoms with van der Waals surface area (Å²) >= 11 is 6.94. The standard InChI is InChI=1S/C17H20N4O2S2/c1-3-23-15(22)13-11-6-4-5-7-12(11)25-14(13)20-17(24)21-16-18-9-8-10(2)19-16/h8-9H,3-7H2,1-2H3,(H2,18,19,20,21,24). The third-order valence-corrected chi connectivity index (χ3v) is 5.31. The van der Waals surface area contributed by atoms with E-state index in [2.05, 4.69) is 20.6 Å². The van der Waals surface area contributed by atoms with Crippen molar-refractivity contribution < 1.29 is 9.53 Å². The number of hydrogen-bond donors (Lipinski definition) is 2. The van der Waals surface area contributed by atoms with Crippen LogP contribution in [0, 0.1) is 6.92 Å². The molecular formula is C17H20N4O2S2. The van der Waals surface area contributed by atoms with Crippen molar-refractivity contribution in [2.24, 2.45) is 0 Å². The summed E-state index contributed by atoms with van der Waals surface area (Å²) in [5.41, 5.74) is 2.57. The minimum atomic E-state index is -0.293. The maximum atomic E-state index is 12.4. The maximum Gasteiger partial charge on any atom is 0.341 e. The highest BCUT2D eigenvalue weighted by molar-refractivity contribution is 7.80. The summed E-state index contributed by atoms with van der Waals surface area (Å²) in [6, 6.07) is 1.81. The van der Waals surface area contributed by atoms with E-state index >= 15 is 0 Å². The number of thiocarbonyl (C=S) groups is 1. The van der Waals surface area contributed by atoms with Gasteiger partial charge in [0.25, 0.3) is 0 Å². The second-order valence-electron chi connectivity index (χ2n) is 5.74. The van der Waals surface area contributed by atoms with Crippen molar-refractivity contribution in [3.8, 4) is 0 Å². The van der Waals surface area contributed by atoms with Gasteiger partial charge in [-0.15, -0.1) is 11.3 Å².